The zero-order valence-corrected chi connectivity index (χ0v) is 15.5. The standard InChI is InChI=1S/C21H34O4/c1-2-3-10-18(23)12-8-9-17-14-15-21(25)20(17)13-7-5-4-6-11-19(24)16-22/h5,7-9,17-18,20,22-23H,2-4,6,10-16H2,1H3/t17-,18?,20+/m0/s1. The van der Waals surface area contributed by atoms with Gasteiger partial charge in [-0.05, 0) is 44.4 Å². The summed E-state index contributed by atoms with van der Waals surface area (Å²) in [7, 11) is 0. The van der Waals surface area contributed by atoms with Gasteiger partial charge in [0.25, 0.3) is 0 Å². The van der Waals surface area contributed by atoms with Gasteiger partial charge in [-0.15, -0.1) is 0 Å². The number of carbonyl (C=O) groups excluding carboxylic acids is 2. The van der Waals surface area contributed by atoms with E-state index in [2.05, 4.69) is 13.0 Å². The highest BCUT2D eigenvalue weighted by molar-refractivity contribution is 5.83. The van der Waals surface area contributed by atoms with E-state index in [0.717, 1.165) is 44.9 Å². The van der Waals surface area contributed by atoms with Gasteiger partial charge in [-0.2, -0.15) is 0 Å². The normalized spacial score (nSPS) is 22.3. The van der Waals surface area contributed by atoms with Crippen LogP contribution in [0.4, 0.5) is 0 Å². The molecule has 0 heterocycles. The molecule has 0 spiro atoms. The highest BCUT2D eigenvalue weighted by atomic mass is 16.3. The van der Waals surface area contributed by atoms with E-state index in [1.807, 2.05) is 18.2 Å². The van der Waals surface area contributed by atoms with E-state index in [0.29, 0.717) is 25.0 Å². The van der Waals surface area contributed by atoms with Crippen LogP contribution in [0.5, 0.6) is 0 Å². The molecule has 1 unspecified atom stereocenters. The van der Waals surface area contributed by atoms with Crippen LogP contribution in [0, 0.1) is 11.8 Å². The lowest BCUT2D eigenvalue weighted by molar-refractivity contribution is -0.122. The second kappa shape index (κ2) is 13.0. The summed E-state index contributed by atoms with van der Waals surface area (Å²) in [5.41, 5.74) is 0. The van der Waals surface area contributed by atoms with Crippen molar-refractivity contribution in [2.45, 2.75) is 77.2 Å². The molecule has 2 N–H and O–H groups in total. The van der Waals surface area contributed by atoms with E-state index in [4.69, 9.17) is 5.11 Å². The minimum Gasteiger partial charge on any atom is -0.393 e. The first kappa shape index (κ1) is 21.8. The van der Waals surface area contributed by atoms with Crippen molar-refractivity contribution in [3.05, 3.63) is 24.3 Å². The molecule has 142 valence electrons. The Morgan fingerprint density at radius 1 is 1.28 bits per heavy atom. The molecule has 0 amide bonds. The van der Waals surface area contributed by atoms with Crippen molar-refractivity contribution >= 4 is 11.6 Å². The van der Waals surface area contributed by atoms with Crippen molar-refractivity contribution in [2.24, 2.45) is 11.8 Å². The maximum atomic E-state index is 12.1. The first-order chi connectivity index (χ1) is 12.1. The van der Waals surface area contributed by atoms with E-state index >= 15 is 0 Å². The molecule has 3 atom stereocenters. The molecule has 0 aliphatic heterocycles. The lowest BCUT2D eigenvalue weighted by Gasteiger charge is -2.13. The molecule has 0 aromatic heterocycles. The van der Waals surface area contributed by atoms with Gasteiger partial charge in [-0.1, -0.05) is 44.1 Å². The minimum atomic E-state index is -0.374. The van der Waals surface area contributed by atoms with Gasteiger partial charge in [0, 0.05) is 18.8 Å². The minimum absolute atomic E-state index is 0.0550. The molecule has 25 heavy (non-hydrogen) atoms. The molecule has 0 radical (unpaired) electrons. The lowest BCUT2D eigenvalue weighted by atomic mass is 9.91. The summed E-state index contributed by atoms with van der Waals surface area (Å²) in [6.07, 6.45) is 15.9. The van der Waals surface area contributed by atoms with E-state index in [9.17, 15) is 14.7 Å². The molecule has 4 heteroatoms. The number of aliphatic hydroxyl groups excluding tert-OH is 2. The van der Waals surface area contributed by atoms with Crippen LogP contribution < -0.4 is 0 Å². The van der Waals surface area contributed by atoms with Crippen LogP contribution in [0.2, 0.25) is 0 Å². The van der Waals surface area contributed by atoms with Crippen LogP contribution in [0.1, 0.15) is 71.1 Å². The molecule has 1 fully saturated rings. The first-order valence-electron chi connectivity index (χ1n) is 9.73. The highest BCUT2D eigenvalue weighted by Crippen LogP contribution is 2.33. The number of Topliss-reactive ketones (excluding diaryl/α,β-unsaturated/α-hetero) is 2. The molecule has 0 bridgehead atoms. The molecule has 1 aliphatic rings. The smallest absolute Gasteiger partial charge is 0.158 e. The van der Waals surface area contributed by atoms with Crippen LogP contribution >= 0.6 is 0 Å². The first-order valence-corrected chi connectivity index (χ1v) is 9.73. The van der Waals surface area contributed by atoms with Gasteiger partial charge in [0.15, 0.2) is 5.78 Å². The van der Waals surface area contributed by atoms with Gasteiger partial charge in [0.05, 0.1) is 6.10 Å². The fraction of sp³-hybridized carbons (Fsp3) is 0.714. The Morgan fingerprint density at radius 2 is 2.08 bits per heavy atom. The number of rotatable bonds is 13. The van der Waals surface area contributed by atoms with Gasteiger partial charge in [-0.25, -0.2) is 0 Å². The summed E-state index contributed by atoms with van der Waals surface area (Å²) < 4.78 is 0. The van der Waals surface area contributed by atoms with Gasteiger partial charge < -0.3 is 10.2 Å². The topological polar surface area (TPSA) is 74.6 Å². The van der Waals surface area contributed by atoms with Gasteiger partial charge in [0.1, 0.15) is 12.4 Å². The summed E-state index contributed by atoms with van der Waals surface area (Å²) in [4.78, 5) is 23.1. The number of unbranched alkanes of at least 4 members (excludes halogenated alkanes) is 2. The van der Waals surface area contributed by atoms with E-state index in [-0.39, 0.29) is 30.3 Å². The van der Waals surface area contributed by atoms with Crippen molar-refractivity contribution in [1.29, 1.82) is 0 Å². The summed E-state index contributed by atoms with van der Waals surface area (Å²) in [5.74, 6) is 0.554. The molecule has 4 nitrogen and oxygen atoms in total. The Balaban J connectivity index is 2.33. The Bertz CT molecular complexity index is 453. The zero-order chi connectivity index (χ0) is 18.5. The van der Waals surface area contributed by atoms with Crippen LogP contribution in [-0.4, -0.2) is 34.5 Å². The second-order valence-electron chi connectivity index (χ2n) is 7.03. The number of aliphatic hydroxyl groups is 2. The van der Waals surface area contributed by atoms with Crippen molar-refractivity contribution in [1.82, 2.24) is 0 Å². The zero-order valence-electron chi connectivity index (χ0n) is 15.5. The predicted molar refractivity (Wildman–Crippen MR) is 100 cm³/mol. The van der Waals surface area contributed by atoms with Crippen molar-refractivity contribution in [3.63, 3.8) is 0 Å². The molecule has 1 saturated carbocycles. The van der Waals surface area contributed by atoms with Gasteiger partial charge in [-0.3, -0.25) is 9.59 Å². The fourth-order valence-corrected chi connectivity index (χ4v) is 3.30. The fourth-order valence-electron chi connectivity index (χ4n) is 3.30. The Morgan fingerprint density at radius 3 is 2.80 bits per heavy atom. The van der Waals surface area contributed by atoms with E-state index < -0.39 is 0 Å². The molecule has 0 aromatic carbocycles. The predicted octanol–water partition coefficient (Wildman–Crippen LogP) is 3.76. The molecule has 1 aliphatic carbocycles. The van der Waals surface area contributed by atoms with Crippen LogP contribution in [0.25, 0.3) is 0 Å². The summed E-state index contributed by atoms with van der Waals surface area (Å²) in [5, 5.41) is 18.5. The molecule has 0 saturated heterocycles. The monoisotopic (exact) mass is 350 g/mol. The van der Waals surface area contributed by atoms with Crippen molar-refractivity contribution in [2.75, 3.05) is 6.61 Å². The third-order valence-electron chi connectivity index (χ3n) is 4.90. The third kappa shape index (κ3) is 9.13. The second-order valence-corrected chi connectivity index (χ2v) is 7.03. The van der Waals surface area contributed by atoms with Crippen LogP contribution in [0.3, 0.4) is 0 Å². The van der Waals surface area contributed by atoms with Gasteiger partial charge >= 0.3 is 0 Å². The average molecular weight is 350 g/mol. The number of hydrogen-bond acceptors (Lipinski definition) is 4. The quantitative estimate of drug-likeness (QED) is 0.392. The van der Waals surface area contributed by atoms with Crippen molar-refractivity contribution < 1.29 is 19.8 Å². The molecular weight excluding hydrogens is 316 g/mol. The SMILES string of the molecule is CCCCC(O)CC=C[C@H]1CCC(=O)[C@@H]1CC=CCCCC(=O)CO. The Hall–Kier alpha value is -1.26. The summed E-state index contributed by atoms with van der Waals surface area (Å²) >= 11 is 0. The van der Waals surface area contributed by atoms with E-state index in [1.54, 1.807) is 0 Å². The largest absolute Gasteiger partial charge is 0.393 e. The molecule has 1 rings (SSSR count). The lowest BCUT2D eigenvalue weighted by Crippen LogP contribution is -2.12. The number of carbonyl (C=O) groups is 2. The molecular formula is C21H34O4. The average Bonchev–Trinajstić information content (AvgIpc) is 2.95. The summed E-state index contributed by atoms with van der Waals surface area (Å²) in [6, 6.07) is 0. The van der Waals surface area contributed by atoms with Gasteiger partial charge in [0.2, 0.25) is 0 Å². The Labute approximate surface area is 152 Å². The van der Waals surface area contributed by atoms with Crippen LogP contribution in [-0.2, 0) is 9.59 Å². The summed E-state index contributed by atoms with van der Waals surface area (Å²) in [6.45, 7) is 1.75. The third-order valence-corrected chi connectivity index (χ3v) is 4.90. The maximum absolute atomic E-state index is 12.1. The molecule has 0 aromatic rings. The maximum Gasteiger partial charge on any atom is 0.158 e. The number of allylic oxidation sites excluding steroid dienone is 3. The number of hydrogen-bond donors (Lipinski definition) is 2. The Kier molecular flexibility index (Phi) is 11.3. The van der Waals surface area contributed by atoms with Crippen LogP contribution in [0.15, 0.2) is 24.3 Å². The number of ketones is 2. The van der Waals surface area contributed by atoms with Crippen molar-refractivity contribution in [3.8, 4) is 0 Å². The highest BCUT2D eigenvalue weighted by Gasteiger charge is 2.31. The van der Waals surface area contributed by atoms with E-state index in [1.165, 1.54) is 0 Å².